The molecule has 4 amide bonds. The molecule has 330 valence electrons. The zero-order valence-corrected chi connectivity index (χ0v) is 35.5. The largest absolute Gasteiger partial charge is 0.462 e. The van der Waals surface area contributed by atoms with E-state index in [1.54, 1.807) is 43.0 Å². The first-order valence-electron chi connectivity index (χ1n) is 20.8. The second-order valence-corrected chi connectivity index (χ2v) is 14.5. The number of hydrogen-bond acceptors (Lipinski definition) is 8. The van der Waals surface area contributed by atoms with Crippen LogP contribution in [0.5, 0.6) is 0 Å². The van der Waals surface area contributed by atoms with Crippen molar-refractivity contribution in [2.24, 2.45) is 0 Å². The van der Waals surface area contributed by atoms with Crippen molar-refractivity contribution in [2.75, 3.05) is 38.1 Å². The number of fused-ring (bicyclic) bond motifs is 1. The second kappa shape index (κ2) is 22.5. The molecule has 4 N–H and O–H groups in total. The maximum atomic E-state index is 15.2. The minimum Gasteiger partial charge on any atom is -0.462 e. The maximum Gasteiger partial charge on any atom is 0.345 e. The molecule has 4 aromatic carbocycles. The number of ether oxygens (including phenoxy) is 1. The van der Waals surface area contributed by atoms with Gasteiger partial charge in [-0.1, -0.05) is 78.6 Å². The zero-order chi connectivity index (χ0) is 45.4. The van der Waals surface area contributed by atoms with Gasteiger partial charge in [-0.2, -0.15) is 0 Å². The highest BCUT2D eigenvalue weighted by Gasteiger charge is 2.27. The van der Waals surface area contributed by atoms with Crippen molar-refractivity contribution < 1.29 is 32.7 Å². The average Bonchev–Trinajstić information content (AvgIpc) is 3.66. The molecule has 0 radical (unpaired) electrons. The lowest BCUT2D eigenvalue weighted by Crippen LogP contribution is -2.38. The Labute approximate surface area is 368 Å². The van der Waals surface area contributed by atoms with Gasteiger partial charge in [-0.25, -0.2) is 27.8 Å². The Hall–Kier alpha value is -7.64. The fourth-order valence-electron chi connectivity index (χ4n) is 6.84. The van der Waals surface area contributed by atoms with Crippen molar-refractivity contribution in [3.05, 3.63) is 159 Å². The smallest absolute Gasteiger partial charge is 0.345 e. The van der Waals surface area contributed by atoms with Crippen LogP contribution in [-0.2, 0) is 34.0 Å². The third kappa shape index (κ3) is 12.3. The van der Waals surface area contributed by atoms with E-state index in [-0.39, 0.29) is 80.3 Å². The summed E-state index contributed by atoms with van der Waals surface area (Å²) in [5, 5.41) is 11.1. The van der Waals surface area contributed by atoms with Crippen LogP contribution < -0.4 is 26.8 Å². The monoisotopic (exact) mass is 870 g/mol. The predicted molar refractivity (Wildman–Crippen MR) is 238 cm³/mol. The Morgan fingerprint density at radius 3 is 2.20 bits per heavy atom. The molecule has 6 aromatic rings. The van der Waals surface area contributed by atoms with Gasteiger partial charge in [0.15, 0.2) is 0 Å². The Bertz CT molecular complexity index is 2690. The summed E-state index contributed by atoms with van der Waals surface area (Å²) in [6.45, 7) is 3.66. The molecule has 0 bridgehead atoms. The number of amides is 4. The molecule has 0 saturated heterocycles. The van der Waals surface area contributed by atoms with Crippen LogP contribution in [0.3, 0.4) is 0 Å². The topological polar surface area (TPSA) is 168 Å². The molecule has 0 spiro atoms. The number of rotatable bonds is 18. The summed E-state index contributed by atoms with van der Waals surface area (Å²) in [7, 11) is 0. The molecule has 2 aromatic heterocycles. The molecule has 0 aliphatic heterocycles. The fourth-order valence-corrected chi connectivity index (χ4v) is 6.84. The highest BCUT2D eigenvalue weighted by atomic mass is 19.1. The van der Waals surface area contributed by atoms with Crippen LogP contribution in [0, 0.1) is 23.5 Å². The minimum absolute atomic E-state index is 0.0383. The number of benzene rings is 4. The van der Waals surface area contributed by atoms with Crippen LogP contribution >= 0.6 is 0 Å². The van der Waals surface area contributed by atoms with E-state index in [1.165, 1.54) is 21.2 Å². The van der Waals surface area contributed by atoms with Crippen LogP contribution in [0.15, 0.2) is 114 Å². The van der Waals surface area contributed by atoms with Gasteiger partial charge in [-0.3, -0.25) is 19.3 Å². The van der Waals surface area contributed by atoms with Crippen molar-refractivity contribution in [2.45, 2.75) is 46.3 Å². The van der Waals surface area contributed by atoms with Gasteiger partial charge in [0, 0.05) is 61.2 Å². The number of nitrogens with one attached hydrogen (secondary N) is 4. The highest BCUT2D eigenvalue weighted by molar-refractivity contribution is 5.90. The Morgan fingerprint density at radius 2 is 1.52 bits per heavy atom. The summed E-state index contributed by atoms with van der Waals surface area (Å²) in [5.74, 6) is 2.67. The van der Waals surface area contributed by atoms with Gasteiger partial charge in [-0.15, -0.1) is 0 Å². The van der Waals surface area contributed by atoms with E-state index in [9.17, 15) is 24.0 Å². The quantitative estimate of drug-likeness (QED) is 0.0473. The summed E-state index contributed by atoms with van der Waals surface area (Å²) in [6.07, 6.45) is 1.70. The number of imidazole rings is 1. The highest BCUT2D eigenvalue weighted by Crippen LogP contribution is 2.28. The van der Waals surface area contributed by atoms with Crippen molar-refractivity contribution in [3.63, 3.8) is 0 Å². The van der Waals surface area contributed by atoms with Gasteiger partial charge in [0.2, 0.25) is 17.6 Å². The van der Waals surface area contributed by atoms with Crippen LogP contribution in [0.4, 0.5) is 19.3 Å². The number of anilines is 1. The Balaban J connectivity index is 1.33. The van der Waals surface area contributed by atoms with E-state index in [0.29, 0.717) is 24.2 Å². The number of esters is 1. The van der Waals surface area contributed by atoms with E-state index >= 15 is 8.78 Å². The van der Waals surface area contributed by atoms with E-state index in [4.69, 9.17) is 9.72 Å². The molecule has 2 heterocycles. The van der Waals surface area contributed by atoms with Gasteiger partial charge in [0.25, 0.3) is 5.56 Å². The van der Waals surface area contributed by atoms with Crippen LogP contribution in [0.2, 0.25) is 0 Å². The molecule has 0 atom stereocenters. The van der Waals surface area contributed by atoms with Crippen LogP contribution in [0.25, 0.3) is 17.0 Å². The summed E-state index contributed by atoms with van der Waals surface area (Å²) in [4.78, 5) is 72.9. The minimum atomic E-state index is -0.951. The van der Waals surface area contributed by atoms with E-state index in [1.807, 2.05) is 60.7 Å². The number of carbonyl (C=O) groups is 4. The first-order chi connectivity index (χ1) is 31.0. The van der Waals surface area contributed by atoms with Gasteiger partial charge in [-0.05, 0) is 62.2 Å². The van der Waals surface area contributed by atoms with Crippen molar-refractivity contribution in [1.82, 2.24) is 34.8 Å². The first kappa shape index (κ1) is 45.9. The van der Waals surface area contributed by atoms with E-state index < -0.39 is 41.3 Å². The molecule has 0 fully saturated rings. The van der Waals surface area contributed by atoms with Crippen LogP contribution in [0.1, 0.15) is 59.4 Å². The number of nitrogens with zero attached hydrogens (tertiary/aromatic N) is 4. The average molecular weight is 871 g/mol. The molecule has 16 heteroatoms. The lowest BCUT2D eigenvalue weighted by atomic mass is 10.1. The lowest BCUT2D eigenvalue weighted by Gasteiger charge is -2.23. The lowest BCUT2D eigenvalue weighted by molar-refractivity contribution is -0.123. The molecular formula is C48H48F2N8O6. The molecule has 0 saturated carbocycles. The summed E-state index contributed by atoms with van der Waals surface area (Å²) < 4.78 is 38.1. The van der Waals surface area contributed by atoms with Crippen molar-refractivity contribution in [1.29, 1.82) is 0 Å². The number of aromatic nitrogens is 3. The molecular weight excluding hydrogens is 823 g/mol. The number of urea groups is 1. The van der Waals surface area contributed by atoms with Gasteiger partial charge < -0.3 is 30.6 Å². The molecule has 6 rings (SSSR count). The fraction of sp³-hybridized carbons (Fsp3) is 0.250. The second-order valence-electron chi connectivity index (χ2n) is 14.5. The zero-order valence-electron chi connectivity index (χ0n) is 35.5. The van der Waals surface area contributed by atoms with Crippen molar-refractivity contribution in [3.8, 4) is 23.1 Å². The molecule has 14 nitrogen and oxygen atoms in total. The number of carbonyl (C=O) groups excluding carboxylic acids is 4. The first-order valence-corrected chi connectivity index (χ1v) is 20.8. The Morgan fingerprint density at radius 1 is 0.812 bits per heavy atom. The molecule has 0 aliphatic rings. The van der Waals surface area contributed by atoms with Crippen LogP contribution in [-0.4, -0.2) is 75.5 Å². The van der Waals surface area contributed by atoms with Gasteiger partial charge in [0.1, 0.15) is 17.2 Å². The number of hydrogen-bond donors (Lipinski definition) is 4. The normalized spacial score (nSPS) is 10.8. The third-order valence-corrected chi connectivity index (χ3v) is 9.84. The van der Waals surface area contributed by atoms with E-state index in [0.717, 1.165) is 23.3 Å². The summed E-state index contributed by atoms with van der Waals surface area (Å²) >= 11 is 0. The third-order valence-electron chi connectivity index (χ3n) is 9.84. The Kier molecular flexibility index (Phi) is 16.1. The maximum absolute atomic E-state index is 15.2. The molecule has 64 heavy (non-hydrogen) atoms. The van der Waals surface area contributed by atoms with Gasteiger partial charge >= 0.3 is 12.0 Å². The summed E-state index contributed by atoms with van der Waals surface area (Å²) in [5.41, 5.74) is 1.65. The van der Waals surface area contributed by atoms with E-state index in [2.05, 4.69) is 33.1 Å². The number of halogens is 2. The standard InChI is InChI=1S/C48H48F2N8O6/c1-3-51-47(63)54-36-24-22-35(23-25-36)44-41(58-45(61)38(46(62)64-4-2)30-57(48(58)55-44)29-37-39(49)19-11-20-40(37)50)31-56(28-34-16-9-6-10-17-34)32-43(60)53-27-13-21-42(59)52-26-12-18-33-14-7-5-8-15-33/h5-11,14-17,19-20,22-25,30H,3-4,13,21,26-29,31-32H2,1-2H3,(H,52,59)(H,53,60)(H2,51,54,63). The molecule has 0 unspecified atom stereocenters. The SMILES string of the molecule is CCNC(=O)Nc1ccc(-c2nc3n(Cc4c(F)cccc4F)cc(C(=O)OCC)c(=O)n3c2CN(CC(=O)NCCCC(=O)NCC#Cc2ccccc2)Cc2ccccc2)cc1. The predicted octanol–water partition coefficient (Wildman–Crippen LogP) is 5.87. The summed E-state index contributed by atoms with van der Waals surface area (Å²) in [6, 6.07) is 28.5. The van der Waals surface area contributed by atoms with Gasteiger partial charge in [0.05, 0.1) is 37.6 Å². The molecule has 0 aliphatic carbocycles. The van der Waals surface area contributed by atoms with Crippen molar-refractivity contribution >= 4 is 35.3 Å².